The molecule has 0 bridgehead atoms. The van der Waals surface area contributed by atoms with Crippen LogP contribution in [0.5, 0.6) is 5.75 Å². The second kappa shape index (κ2) is 6.33. The van der Waals surface area contributed by atoms with Crippen LogP contribution in [0.15, 0.2) is 34.8 Å². The lowest BCUT2D eigenvalue weighted by molar-refractivity contribution is 0.257. The Balaban J connectivity index is 2.22. The molecule has 1 N–H and O–H groups in total. The average molecular weight is 343 g/mol. The van der Waals surface area contributed by atoms with Crippen molar-refractivity contribution in [2.75, 3.05) is 0 Å². The molecule has 0 atom stereocenters. The molecule has 2 rings (SSSR count). The molecule has 106 valence electrons. The zero-order chi connectivity index (χ0) is 14.7. The molecular weight excluding hydrogens is 330 g/mol. The number of hydrogen-bond acceptors (Lipinski definition) is 2. The van der Waals surface area contributed by atoms with Gasteiger partial charge in [-0.25, -0.2) is 8.78 Å². The summed E-state index contributed by atoms with van der Waals surface area (Å²) in [5, 5.41) is 9.33. The quantitative estimate of drug-likeness (QED) is 0.906. The molecular formula is C15H13BrF2O2. The first-order valence-corrected chi connectivity index (χ1v) is 6.76. The summed E-state index contributed by atoms with van der Waals surface area (Å²) in [5.74, 6) is -0.752. The molecule has 0 aliphatic carbocycles. The summed E-state index contributed by atoms with van der Waals surface area (Å²) >= 11 is 3.34. The molecule has 0 saturated carbocycles. The smallest absolute Gasteiger partial charge is 0.128 e. The molecule has 0 saturated heterocycles. The van der Waals surface area contributed by atoms with E-state index in [1.807, 2.05) is 13.0 Å². The zero-order valence-electron chi connectivity index (χ0n) is 10.8. The highest BCUT2D eigenvalue weighted by molar-refractivity contribution is 9.10. The molecule has 0 heterocycles. The maximum Gasteiger partial charge on any atom is 0.128 e. The Kier molecular flexibility index (Phi) is 4.73. The van der Waals surface area contributed by atoms with E-state index in [2.05, 4.69) is 15.9 Å². The van der Waals surface area contributed by atoms with Crippen LogP contribution in [0.25, 0.3) is 0 Å². The van der Waals surface area contributed by atoms with Crippen LogP contribution in [-0.2, 0) is 13.2 Å². The van der Waals surface area contributed by atoms with Crippen molar-refractivity contribution in [3.05, 3.63) is 63.1 Å². The zero-order valence-corrected chi connectivity index (χ0v) is 12.4. The maximum atomic E-state index is 13.1. The van der Waals surface area contributed by atoms with Gasteiger partial charge in [0, 0.05) is 16.1 Å². The Morgan fingerprint density at radius 1 is 1.10 bits per heavy atom. The minimum Gasteiger partial charge on any atom is -0.488 e. The first-order valence-electron chi connectivity index (χ1n) is 5.97. The van der Waals surface area contributed by atoms with Gasteiger partial charge in [-0.15, -0.1) is 0 Å². The Bertz CT molecular complexity index is 609. The number of aliphatic hydroxyl groups excluding tert-OH is 1. The van der Waals surface area contributed by atoms with Crippen LogP contribution < -0.4 is 4.74 Å². The van der Waals surface area contributed by atoms with Gasteiger partial charge in [-0.1, -0.05) is 15.9 Å². The topological polar surface area (TPSA) is 29.5 Å². The van der Waals surface area contributed by atoms with Crippen molar-refractivity contribution in [1.29, 1.82) is 0 Å². The van der Waals surface area contributed by atoms with Crippen molar-refractivity contribution in [2.24, 2.45) is 0 Å². The van der Waals surface area contributed by atoms with E-state index in [4.69, 9.17) is 4.74 Å². The predicted octanol–water partition coefficient (Wildman–Crippen LogP) is 4.11. The molecule has 5 heteroatoms. The van der Waals surface area contributed by atoms with Gasteiger partial charge in [0.1, 0.15) is 24.0 Å². The van der Waals surface area contributed by atoms with Gasteiger partial charge in [-0.2, -0.15) is 0 Å². The lowest BCUT2D eigenvalue weighted by Crippen LogP contribution is -2.02. The molecule has 0 unspecified atom stereocenters. The molecule has 0 spiro atoms. The first kappa shape index (κ1) is 14.9. The molecule has 0 radical (unpaired) electrons. The number of aryl methyl sites for hydroxylation is 1. The fourth-order valence-electron chi connectivity index (χ4n) is 1.97. The van der Waals surface area contributed by atoms with Crippen LogP contribution in [0.3, 0.4) is 0 Å². The normalized spacial score (nSPS) is 10.7. The average Bonchev–Trinajstić information content (AvgIpc) is 2.35. The molecule has 20 heavy (non-hydrogen) atoms. The van der Waals surface area contributed by atoms with Gasteiger partial charge in [0.05, 0.1) is 6.61 Å². The summed E-state index contributed by atoms with van der Waals surface area (Å²) in [6.07, 6.45) is 0. The van der Waals surface area contributed by atoms with Crippen LogP contribution in [0.4, 0.5) is 8.78 Å². The fourth-order valence-corrected chi connectivity index (χ4v) is 2.59. The number of ether oxygens (including phenoxy) is 1. The Morgan fingerprint density at radius 3 is 2.35 bits per heavy atom. The Hall–Kier alpha value is -1.46. The first-order chi connectivity index (χ1) is 9.49. The van der Waals surface area contributed by atoms with E-state index in [9.17, 15) is 13.9 Å². The highest BCUT2D eigenvalue weighted by Crippen LogP contribution is 2.29. The van der Waals surface area contributed by atoms with Crippen LogP contribution in [0.2, 0.25) is 0 Å². The standard InChI is InChI=1S/C15H13BrF2O2/c1-9-2-12(16)5-11(7-19)15(9)20-8-10-3-13(17)6-14(18)4-10/h2-6,19H,7-8H2,1H3. The van der Waals surface area contributed by atoms with Crippen LogP contribution >= 0.6 is 15.9 Å². The van der Waals surface area contributed by atoms with Crippen molar-refractivity contribution in [1.82, 2.24) is 0 Å². The summed E-state index contributed by atoms with van der Waals surface area (Å²) in [6.45, 7) is 1.70. The summed E-state index contributed by atoms with van der Waals surface area (Å²) in [4.78, 5) is 0. The monoisotopic (exact) mass is 342 g/mol. The molecule has 0 aliphatic rings. The number of halogens is 3. The van der Waals surface area contributed by atoms with Gasteiger partial charge >= 0.3 is 0 Å². The lowest BCUT2D eigenvalue weighted by atomic mass is 10.1. The van der Waals surface area contributed by atoms with Gasteiger partial charge in [0.25, 0.3) is 0 Å². The number of benzene rings is 2. The summed E-state index contributed by atoms with van der Waals surface area (Å²) < 4.78 is 32.6. The van der Waals surface area contributed by atoms with Crippen molar-refractivity contribution in [3.8, 4) is 5.75 Å². The van der Waals surface area contributed by atoms with Crippen molar-refractivity contribution in [3.63, 3.8) is 0 Å². The SMILES string of the molecule is Cc1cc(Br)cc(CO)c1OCc1cc(F)cc(F)c1. The van der Waals surface area contributed by atoms with Crippen molar-refractivity contribution >= 4 is 15.9 Å². The maximum absolute atomic E-state index is 13.1. The number of rotatable bonds is 4. The third-order valence-corrected chi connectivity index (χ3v) is 3.25. The second-order valence-corrected chi connectivity index (χ2v) is 5.35. The highest BCUT2D eigenvalue weighted by Gasteiger charge is 2.09. The summed E-state index contributed by atoms with van der Waals surface area (Å²) in [7, 11) is 0. The van der Waals surface area contributed by atoms with Crippen LogP contribution in [-0.4, -0.2) is 5.11 Å². The van der Waals surface area contributed by atoms with E-state index in [-0.39, 0.29) is 13.2 Å². The molecule has 0 amide bonds. The third kappa shape index (κ3) is 3.55. The summed E-state index contributed by atoms with van der Waals surface area (Å²) in [5.41, 5.74) is 1.85. The van der Waals surface area contributed by atoms with Gasteiger partial charge in [-0.05, 0) is 42.3 Å². The highest BCUT2D eigenvalue weighted by atomic mass is 79.9. The van der Waals surface area contributed by atoms with Crippen molar-refractivity contribution < 1.29 is 18.6 Å². The van der Waals surface area contributed by atoms with Gasteiger partial charge in [0.15, 0.2) is 0 Å². The summed E-state index contributed by atoms with van der Waals surface area (Å²) in [6, 6.07) is 6.84. The van der Waals surface area contributed by atoms with Gasteiger partial charge < -0.3 is 9.84 Å². The number of aliphatic hydroxyl groups is 1. The molecule has 2 aromatic rings. The number of hydrogen-bond donors (Lipinski definition) is 1. The van der Waals surface area contributed by atoms with E-state index in [0.29, 0.717) is 16.9 Å². The van der Waals surface area contributed by atoms with Gasteiger partial charge in [0.2, 0.25) is 0 Å². The van der Waals surface area contributed by atoms with E-state index in [1.54, 1.807) is 6.07 Å². The predicted molar refractivity (Wildman–Crippen MR) is 75.5 cm³/mol. The second-order valence-electron chi connectivity index (χ2n) is 4.44. The lowest BCUT2D eigenvalue weighted by Gasteiger charge is -2.14. The van der Waals surface area contributed by atoms with Gasteiger partial charge in [-0.3, -0.25) is 0 Å². The van der Waals surface area contributed by atoms with Crippen molar-refractivity contribution in [2.45, 2.75) is 20.1 Å². The molecule has 2 aromatic carbocycles. The Morgan fingerprint density at radius 2 is 1.75 bits per heavy atom. The minimum atomic E-state index is -0.640. The minimum absolute atomic E-state index is 0.0319. The fraction of sp³-hybridized carbons (Fsp3) is 0.200. The van der Waals surface area contributed by atoms with E-state index in [1.165, 1.54) is 12.1 Å². The van der Waals surface area contributed by atoms with E-state index < -0.39 is 11.6 Å². The molecule has 2 nitrogen and oxygen atoms in total. The Labute approximate surface area is 124 Å². The molecule has 0 aromatic heterocycles. The molecule has 0 fully saturated rings. The van der Waals surface area contributed by atoms with E-state index in [0.717, 1.165) is 16.1 Å². The molecule has 0 aliphatic heterocycles. The van der Waals surface area contributed by atoms with E-state index >= 15 is 0 Å². The van der Waals surface area contributed by atoms with Crippen LogP contribution in [0.1, 0.15) is 16.7 Å². The third-order valence-electron chi connectivity index (χ3n) is 2.79. The van der Waals surface area contributed by atoms with Crippen LogP contribution in [0, 0.1) is 18.6 Å². The largest absolute Gasteiger partial charge is 0.488 e.